The van der Waals surface area contributed by atoms with Crippen LogP contribution < -0.4 is 0 Å². The number of hydrogen-bond acceptors (Lipinski definition) is 2. The van der Waals surface area contributed by atoms with Gasteiger partial charge in [-0.1, -0.05) is 91.0 Å². The highest BCUT2D eigenvalue weighted by atomic mass is 32.1. The number of hydrogen-bond donors (Lipinski definition) is 0. The van der Waals surface area contributed by atoms with Gasteiger partial charge in [0.15, 0.2) is 0 Å². The summed E-state index contributed by atoms with van der Waals surface area (Å²) >= 11 is 3.88. The first-order chi connectivity index (χ1) is 19.2. The van der Waals surface area contributed by atoms with Crippen molar-refractivity contribution in [3.8, 4) is 0 Å². The van der Waals surface area contributed by atoms with Crippen LogP contribution in [0.4, 0.5) is 0 Å². The molecule has 39 heavy (non-hydrogen) atoms. The standard InChI is InChI=1S/C37H30S2/c1-24-36(31-16-9-10-19-34(31)38-24)29-17-11-18-30(29)37-25(2)39-35-23-26(20-21-32(35)37)22-33(27-12-5-3-6-13-27)28-14-7-4-8-15-28/h3-10,12-16,19-23H,11,17-18H2,1-2H3. The van der Waals surface area contributed by atoms with Gasteiger partial charge < -0.3 is 0 Å². The molecular weight excluding hydrogens is 509 g/mol. The molecule has 4 aromatic carbocycles. The lowest BCUT2D eigenvalue weighted by Crippen LogP contribution is -1.89. The zero-order valence-corrected chi connectivity index (χ0v) is 24.0. The Morgan fingerprint density at radius 1 is 0.590 bits per heavy atom. The van der Waals surface area contributed by atoms with Gasteiger partial charge >= 0.3 is 0 Å². The molecule has 0 radical (unpaired) electrons. The molecule has 0 amide bonds. The maximum Gasteiger partial charge on any atom is 0.0357 e. The number of rotatable bonds is 5. The van der Waals surface area contributed by atoms with Crippen LogP contribution >= 0.6 is 22.7 Å². The molecule has 0 saturated heterocycles. The monoisotopic (exact) mass is 538 g/mol. The van der Waals surface area contributed by atoms with E-state index in [4.69, 9.17) is 0 Å². The Hall–Kier alpha value is -3.72. The van der Waals surface area contributed by atoms with E-state index in [0.717, 1.165) is 0 Å². The van der Waals surface area contributed by atoms with Gasteiger partial charge in [0, 0.05) is 29.9 Å². The molecule has 0 N–H and O–H groups in total. The molecule has 0 spiro atoms. The Kier molecular flexibility index (Phi) is 6.31. The third-order valence-electron chi connectivity index (χ3n) is 7.96. The van der Waals surface area contributed by atoms with E-state index < -0.39 is 0 Å². The fourth-order valence-corrected chi connectivity index (χ4v) is 8.51. The van der Waals surface area contributed by atoms with Crippen molar-refractivity contribution in [1.82, 2.24) is 0 Å². The van der Waals surface area contributed by atoms with Crippen LogP contribution in [-0.2, 0) is 0 Å². The summed E-state index contributed by atoms with van der Waals surface area (Å²) in [5.41, 5.74) is 11.1. The Labute approximate surface area is 238 Å². The lowest BCUT2D eigenvalue weighted by atomic mass is 9.93. The highest BCUT2D eigenvalue weighted by Gasteiger charge is 2.25. The van der Waals surface area contributed by atoms with E-state index in [2.05, 4.69) is 123 Å². The van der Waals surface area contributed by atoms with Crippen LogP contribution in [0.2, 0.25) is 0 Å². The third-order valence-corrected chi connectivity index (χ3v) is 10.1. The molecule has 0 saturated carbocycles. The Bertz CT molecular complexity index is 1840. The van der Waals surface area contributed by atoms with Crippen LogP contribution in [0.25, 0.3) is 43.0 Å². The SMILES string of the molecule is Cc1sc2ccccc2c1C1=C(c2c(C)sc3cc(C=C(c4ccccc4)c4ccccc4)ccc23)CCC1. The minimum Gasteiger partial charge on any atom is -0.140 e. The molecule has 7 rings (SSSR count). The summed E-state index contributed by atoms with van der Waals surface area (Å²) in [6.45, 7) is 4.62. The van der Waals surface area contributed by atoms with Gasteiger partial charge in [-0.3, -0.25) is 0 Å². The van der Waals surface area contributed by atoms with E-state index in [-0.39, 0.29) is 0 Å². The van der Waals surface area contributed by atoms with Crippen molar-refractivity contribution in [2.24, 2.45) is 0 Å². The maximum atomic E-state index is 2.39. The molecule has 2 aromatic heterocycles. The number of allylic oxidation sites excluding steroid dienone is 2. The van der Waals surface area contributed by atoms with Crippen LogP contribution in [0, 0.1) is 13.8 Å². The average molecular weight is 539 g/mol. The van der Waals surface area contributed by atoms with Gasteiger partial charge in [0.2, 0.25) is 0 Å². The quantitative estimate of drug-likeness (QED) is 0.191. The topological polar surface area (TPSA) is 0 Å². The fourth-order valence-electron chi connectivity index (χ4n) is 6.27. The molecular formula is C37H30S2. The maximum absolute atomic E-state index is 2.39. The van der Waals surface area contributed by atoms with E-state index in [9.17, 15) is 0 Å². The highest BCUT2D eigenvalue weighted by molar-refractivity contribution is 7.19. The Morgan fingerprint density at radius 2 is 1.13 bits per heavy atom. The Balaban J connectivity index is 1.36. The summed E-state index contributed by atoms with van der Waals surface area (Å²) < 4.78 is 2.78. The molecule has 0 aliphatic heterocycles. The van der Waals surface area contributed by atoms with Crippen molar-refractivity contribution in [3.05, 3.63) is 141 Å². The van der Waals surface area contributed by atoms with Gasteiger partial charge in [0.05, 0.1) is 0 Å². The molecule has 0 atom stereocenters. The van der Waals surface area contributed by atoms with E-state index in [1.165, 1.54) is 82.6 Å². The summed E-state index contributed by atoms with van der Waals surface area (Å²) in [6.07, 6.45) is 5.93. The normalized spacial score (nSPS) is 13.5. The first-order valence-electron chi connectivity index (χ1n) is 13.7. The minimum atomic E-state index is 1.17. The van der Waals surface area contributed by atoms with Crippen LogP contribution in [0.15, 0.2) is 103 Å². The van der Waals surface area contributed by atoms with Crippen molar-refractivity contribution in [1.29, 1.82) is 0 Å². The zero-order valence-electron chi connectivity index (χ0n) is 22.3. The second kappa shape index (κ2) is 10.1. The Morgan fingerprint density at radius 3 is 1.77 bits per heavy atom. The summed E-state index contributed by atoms with van der Waals surface area (Å²) in [6, 6.07) is 37.5. The number of aryl methyl sites for hydroxylation is 2. The van der Waals surface area contributed by atoms with E-state index in [1.54, 1.807) is 11.1 Å². The minimum absolute atomic E-state index is 1.17. The van der Waals surface area contributed by atoms with Gasteiger partial charge in [0.25, 0.3) is 0 Å². The van der Waals surface area contributed by atoms with Crippen LogP contribution in [-0.4, -0.2) is 0 Å². The van der Waals surface area contributed by atoms with Crippen molar-refractivity contribution < 1.29 is 0 Å². The van der Waals surface area contributed by atoms with E-state index >= 15 is 0 Å². The molecule has 2 heteroatoms. The molecule has 2 heterocycles. The number of thiophene rings is 2. The molecule has 0 fully saturated rings. The van der Waals surface area contributed by atoms with Crippen molar-refractivity contribution in [2.75, 3.05) is 0 Å². The summed E-state index contributed by atoms with van der Waals surface area (Å²) in [5, 5.41) is 2.83. The van der Waals surface area contributed by atoms with Gasteiger partial charge in [-0.25, -0.2) is 0 Å². The molecule has 0 bridgehead atoms. The summed E-state index contributed by atoms with van der Waals surface area (Å²) in [7, 11) is 0. The van der Waals surface area contributed by atoms with Crippen LogP contribution in [0.1, 0.15) is 56.8 Å². The molecule has 0 unspecified atom stereocenters. The fraction of sp³-hybridized carbons (Fsp3) is 0.135. The van der Waals surface area contributed by atoms with Crippen LogP contribution in [0.3, 0.4) is 0 Å². The first kappa shape index (κ1) is 24.3. The van der Waals surface area contributed by atoms with E-state index in [1.807, 2.05) is 22.7 Å². The van der Waals surface area contributed by atoms with Crippen molar-refractivity contribution in [3.63, 3.8) is 0 Å². The summed E-state index contributed by atoms with van der Waals surface area (Å²) in [4.78, 5) is 2.88. The second-order valence-electron chi connectivity index (χ2n) is 10.4. The zero-order chi connectivity index (χ0) is 26.3. The van der Waals surface area contributed by atoms with Gasteiger partial charge in [-0.15, -0.1) is 22.7 Å². The average Bonchev–Trinajstić information content (AvgIpc) is 3.65. The molecule has 1 aliphatic rings. The lowest BCUT2D eigenvalue weighted by Gasteiger charge is -2.11. The van der Waals surface area contributed by atoms with Gasteiger partial charge in [-0.2, -0.15) is 0 Å². The molecule has 1 aliphatic carbocycles. The second-order valence-corrected chi connectivity index (χ2v) is 12.9. The van der Waals surface area contributed by atoms with Gasteiger partial charge in [-0.05, 0) is 95.9 Å². The predicted molar refractivity (Wildman–Crippen MR) is 174 cm³/mol. The van der Waals surface area contributed by atoms with Gasteiger partial charge in [0.1, 0.15) is 0 Å². The highest BCUT2D eigenvalue weighted by Crippen LogP contribution is 2.49. The van der Waals surface area contributed by atoms with Crippen molar-refractivity contribution in [2.45, 2.75) is 33.1 Å². The largest absolute Gasteiger partial charge is 0.140 e. The first-order valence-corrected chi connectivity index (χ1v) is 15.4. The number of benzene rings is 4. The van der Waals surface area contributed by atoms with Crippen molar-refractivity contribution >= 4 is 65.6 Å². The third kappa shape index (κ3) is 4.38. The predicted octanol–water partition coefficient (Wildman–Crippen LogP) is 11.4. The summed E-state index contributed by atoms with van der Waals surface area (Å²) in [5.74, 6) is 0. The smallest absolute Gasteiger partial charge is 0.0357 e. The lowest BCUT2D eigenvalue weighted by molar-refractivity contribution is 0.942. The van der Waals surface area contributed by atoms with Crippen LogP contribution in [0.5, 0.6) is 0 Å². The van der Waals surface area contributed by atoms with E-state index in [0.29, 0.717) is 0 Å². The molecule has 190 valence electrons. The molecule has 0 nitrogen and oxygen atoms in total. The number of fused-ring (bicyclic) bond motifs is 2. The molecule has 6 aromatic rings.